The summed E-state index contributed by atoms with van der Waals surface area (Å²) in [5.74, 6) is 0.202. The Bertz CT molecular complexity index is 841. The molecule has 1 fully saturated rings. The molecule has 2 aromatic rings. The number of hydrogen-bond donors (Lipinski definition) is 0. The van der Waals surface area contributed by atoms with Crippen LogP contribution in [0.25, 0.3) is 16.1 Å². The molecule has 1 aromatic carbocycles. The van der Waals surface area contributed by atoms with E-state index in [1.165, 1.54) is 5.56 Å². The van der Waals surface area contributed by atoms with E-state index in [1.54, 1.807) is 11.3 Å². The minimum absolute atomic E-state index is 0.202. The van der Waals surface area contributed by atoms with Crippen LogP contribution < -0.4 is 0 Å². The fourth-order valence-electron chi connectivity index (χ4n) is 3.29. The summed E-state index contributed by atoms with van der Waals surface area (Å²) in [6.07, 6.45) is 7.13. The molecular formula is C20H20N2OS. The van der Waals surface area contributed by atoms with Gasteiger partial charge in [-0.05, 0) is 43.9 Å². The first-order valence-electron chi connectivity index (χ1n) is 8.44. The third-order valence-corrected chi connectivity index (χ3v) is 5.50. The van der Waals surface area contributed by atoms with E-state index in [2.05, 4.69) is 42.6 Å². The van der Waals surface area contributed by atoms with Gasteiger partial charge in [0.15, 0.2) is 0 Å². The van der Waals surface area contributed by atoms with Gasteiger partial charge in [-0.15, -0.1) is 11.3 Å². The highest BCUT2D eigenvalue weighted by Crippen LogP contribution is 2.32. The SMILES string of the molecule is Cc1cccc(-c2nc(C3=CCC(C(=O)N4CCCC4)=C3)cs2)c1. The summed E-state index contributed by atoms with van der Waals surface area (Å²) in [7, 11) is 0. The lowest BCUT2D eigenvalue weighted by atomic mass is 10.1. The van der Waals surface area contributed by atoms with Gasteiger partial charge in [-0.2, -0.15) is 0 Å². The number of thiazole rings is 1. The zero-order chi connectivity index (χ0) is 16.5. The largest absolute Gasteiger partial charge is 0.339 e. The third kappa shape index (κ3) is 2.94. The van der Waals surface area contributed by atoms with Gasteiger partial charge in [0.1, 0.15) is 5.01 Å². The van der Waals surface area contributed by atoms with Crippen molar-refractivity contribution >= 4 is 22.8 Å². The Morgan fingerprint density at radius 1 is 1.25 bits per heavy atom. The van der Waals surface area contributed by atoms with Crippen molar-refractivity contribution < 1.29 is 4.79 Å². The van der Waals surface area contributed by atoms with Gasteiger partial charge < -0.3 is 4.90 Å². The molecule has 0 saturated carbocycles. The van der Waals surface area contributed by atoms with Gasteiger partial charge in [0, 0.05) is 29.6 Å². The van der Waals surface area contributed by atoms with Crippen molar-refractivity contribution in [3.8, 4) is 10.6 Å². The second kappa shape index (κ2) is 6.36. The van der Waals surface area contributed by atoms with Gasteiger partial charge in [0.25, 0.3) is 0 Å². The Hall–Kier alpha value is -2.20. The van der Waals surface area contributed by atoms with Crippen molar-refractivity contribution in [2.24, 2.45) is 0 Å². The molecule has 0 radical (unpaired) electrons. The highest BCUT2D eigenvalue weighted by atomic mass is 32.1. The Kier molecular flexibility index (Phi) is 4.07. The summed E-state index contributed by atoms with van der Waals surface area (Å²) >= 11 is 1.66. The fourth-order valence-corrected chi connectivity index (χ4v) is 4.12. The van der Waals surface area contributed by atoms with Crippen molar-refractivity contribution in [3.63, 3.8) is 0 Å². The number of amides is 1. The van der Waals surface area contributed by atoms with Crippen LogP contribution in [0.1, 0.15) is 30.5 Å². The number of carbonyl (C=O) groups excluding carboxylic acids is 1. The van der Waals surface area contributed by atoms with Crippen molar-refractivity contribution in [1.29, 1.82) is 0 Å². The number of nitrogens with zero attached hydrogens (tertiary/aromatic N) is 2. The maximum atomic E-state index is 12.5. The van der Waals surface area contributed by atoms with E-state index in [0.717, 1.165) is 59.8 Å². The molecule has 24 heavy (non-hydrogen) atoms. The molecular weight excluding hydrogens is 316 g/mol. The molecule has 1 aliphatic carbocycles. The minimum Gasteiger partial charge on any atom is -0.339 e. The van der Waals surface area contributed by atoms with Crippen LogP contribution in [0.4, 0.5) is 0 Å². The Labute approximate surface area is 146 Å². The van der Waals surface area contributed by atoms with Crippen molar-refractivity contribution in [2.75, 3.05) is 13.1 Å². The van der Waals surface area contributed by atoms with E-state index in [-0.39, 0.29) is 5.91 Å². The molecule has 0 N–H and O–H groups in total. The van der Waals surface area contributed by atoms with E-state index in [4.69, 9.17) is 4.98 Å². The lowest BCUT2D eigenvalue weighted by molar-refractivity contribution is -0.126. The molecule has 0 atom stereocenters. The number of aromatic nitrogens is 1. The third-order valence-electron chi connectivity index (χ3n) is 4.60. The molecule has 2 aliphatic rings. The van der Waals surface area contributed by atoms with Crippen LogP contribution in [-0.2, 0) is 4.79 Å². The van der Waals surface area contributed by atoms with Crippen molar-refractivity contribution in [1.82, 2.24) is 9.88 Å². The van der Waals surface area contributed by atoms with Crippen LogP contribution in [0.3, 0.4) is 0 Å². The first-order valence-corrected chi connectivity index (χ1v) is 9.31. The molecule has 4 rings (SSSR count). The Morgan fingerprint density at radius 2 is 2.08 bits per heavy atom. The minimum atomic E-state index is 0.202. The van der Waals surface area contributed by atoms with E-state index in [1.807, 2.05) is 11.0 Å². The van der Waals surface area contributed by atoms with E-state index >= 15 is 0 Å². The van der Waals surface area contributed by atoms with Crippen LogP contribution in [0.15, 0.2) is 47.4 Å². The zero-order valence-corrected chi connectivity index (χ0v) is 14.6. The van der Waals surface area contributed by atoms with E-state index in [9.17, 15) is 4.79 Å². The molecule has 4 heteroatoms. The van der Waals surface area contributed by atoms with Crippen LogP contribution in [0.2, 0.25) is 0 Å². The number of allylic oxidation sites excluding steroid dienone is 3. The highest BCUT2D eigenvalue weighted by Gasteiger charge is 2.24. The van der Waals surface area contributed by atoms with Crippen molar-refractivity contribution in [3.05, 3.63) is 58.6 Å². The number of rotatable bonds is 3. The van der Waals surface area contributed by atoms with Gasteiger partial charge in [-0.25, -0.2) is 4.98 Å². The van der Waals surface area contributed by atoms with Crippen LogP contribution in [0, 0.1) is 6.92 Å². The number of benzene rings is 1. The summed E-state index contributed by atoms with van der Waals surface area (Å²) in [5.41, 5.74) is 5.34. The zero-order valence-electron chi connectivity index (χ0n) is 13.8. The smallest absolute Gasteiger partial charge is 0.250 e. The lowest BCUT2D eigenvalue weighted by Gasteiger charge is -2.15. The summed E-state index contributed by atoms with van der Waals surface area (Å²) in [6, 6.07) is 8.41. The van der Waals surface area contributed by atoms with Gasteiger partial charge in [-0.1, -0.05) is 29.8 Å². The van der Waals surface area contributed by atoms with Crippen LogP contribution >= 0.6 is 11.3 Å². The Morgan fingerprint density at radius 3 is 2.88 bits per heavy atom. The predicted octanol–water partition coefficient (Wildman–Crippen LogP) is 4.45. The first kappa shape index (κ1) is 15.3. The molecule has 3 nitrogen and oxygen atoms in total. The summed E-state index contributed by atoms with van der Waals surface area (Å²) in [6.45, 7) is 3.90. The molecule has 1 aliphatic heterocycles. The highest BCUT2D eigenvalue weighted by molar-refractivity contribution is 7.13. The molecule has 0 unspecified atom stereocenters. The second-order valence-electron chi connectivity index (χ2n) is 6.44. The number of aryl methyl sites for hydroxylation is 1. The average molecular weight is 336 g/mol. The summed E-state index contributed by atoms with van der Waals surface area (Å²) < 4.78 is 0. The van der Waals surface area contributed by atoms with Crippen LogP contribution in [0.5, 0.6) is 0 Å². The molecule has 1 saturated heterocycles. The molecule has 2 heterocycles. The van der Waals surface area contributed by atoms with E-state index in [0.29, 0.717) is 0 Å². The van der Waals surface area contributed by atoms with Gasteiger partial charge in [0.2, 0.25) is 5.91 Å². The molecule has 0 bridgehead atoms. The predicted molar refractivity (Wildman–Crippen MR) is 98.8 cm³/mol. The second-order valence-corrected chi connectivity index (χ2v) is 7.30. The van der Waals surface area contributed by atoms with E-state index < -0.39 is 0 Å². The number of carbonyl (C=O) groups is 1. The Balaban J connectivity index is 1.54. The first-order chi connectivity index (χ1) is 11.7. The number of hydrogen-bond acceptors (Lipinski definition) is 3. The van der Waals surface area contributed by atoms with Gasteiger partial charge >= 0.3 is 0 Å². The lowest BCUT2D eigenvalue weighted by Crippen LogP contribution is -2.28. The normalized spacial score (nSPS) is 17.1. The standard InChI is InChI=1S/C20H20N2OS/c1-14-5-4-6-16(11-14)19-21-18(13-24-19)15-7-8-17(12-15)20(23)22-9-2-3-10-22/h4-7,11-13H,2-3,8-10H2,1H3. The average Bonchev–Trinajstić information content (AvgIpc) is 3.34. The molecule has 0 spiro atoms. The molecule has 1 amide bonds. The maximum Gasteiger partial charge on any atom is 0.250 e. The van der Waals surface area contributed by atoms with Gasteiger partial charge in [0.05, 0.1) is 5.69 Å². The summed E-state index contributed by atoms with van der Waals surface area (Å²) in [5, 5.41) is 3.12. The molecule has 1 aromatic heterocycles. The summed E-state index contributed by atoms with van der Waals surface area (Å²) in [4.78, 5) is 19.2. The monoisotopic (exact) mass is 336 g/mol. The maximum absolute atomic E-state index is 12.5. The van der Waals surface area contributed by atoms with Crippen LogP contribution in [-0.4, -0.2) is 28.9 Å². The van der Waals surface area contributed by atoms with Crippen molar-refractivity contribution in [2.45, 2.75) is 26.2 Å². The topological polar surface area (TPSA) is 33.2 Å². The number of likely N-dealkylation sites (tertiary alicyclic amines) is 1. The fraction of sp³-hybridized carbons (Fsp3) is 0.300. The quantitative estimate of drug-likeness (QED) is 0.829. The van der Waals surface area contributed by atoms with Gasteiger partial charge in [-0.3, -0.25) is 4.79 Å². The molecule has 122 valence electrons.